The Balaban J connectivity index is 1.76. The molecule has 0 bridgehead atoms. The fourth-order valence-electron chi connectivity index (χ4n) is 4.69. The summed E-state index contributed by atoms with van der Waals surface area (Å²) in [6, 6.07) is 38.5. The predicted molar refractivity (Wildman–Crippen MR) is 145 cm³/mol. The van der Waals surface area contributed by atoms with Crippen LogP contribution >= 0.6 is 0 Å². The number of Topliss-reactive ketones (excluding diaryl/α,β-unsaturated/α-hetero) is 2. The van der Waals surface area contributed by atoms with Gasteiger partial charge in [0, 0.05) is 38.1 Å². The maximum atomic E-state index is 13.4. The van der Waals surface area contributed by atoms with Crippen molar-refractivity contribution in [2.45, 2.75) is 24.9 Å². The molecular weight excluding hydrogens is 444 g/mol. The zero-order valence-electron chi connectivity index (χ0n) is 20.8. The van der Waals surface area contributed by atoms with E-state index in [9.17, 15) is 9.59 Å². The molecule has 0 fully saturated rings. The van der Waals surface area contributed by atoms with Gasteiger partial charge in [0.05, 0.1) is 12.1 Å². The summed E-state index contributed by atoms with van der Waals surface area (Å²) in [5, 5.41) is 4.21. The molecule has 36 heavy (non-hydrogen) atoms. The van der Waals surface area contributed by atoms with Crippen LogP contribution in [0.2, 0.25) is 0 Å². The number of hydrazine groups is 1. The summed E-state index contributed by atoms with van der Waals surface area (Å²) in [6.07, 6.45) is 0.574. The van der Waals surface area contributed by atoms with Gasteiger partial charge in [-0.3, -0.25) is 9.59 Å². The fourth-order valence-corrected chi connectivity index (χ4v) is 4.69. The van der Waals surface area contributed by atoms with E-state index in [0.29, 0.717) is 11.1 Å². The Morgan fingerprint density at radius 2 is 0.833 bits per heavy atom. The van der Waals surface area contributed by atoms with Gasteiger partial charge in [-0.05, 0) is 11.1 Å². The third-order valence-corrected chi connectivity index (χ3v) is 6.42. The summed E-state index contributed by atoms with van der Waals surface area (Å²) < 4.78 is 0. The normalized spacial score (nSPS) is 12.9. The molecule has 0 aromatic heterocycles. The molecule has 0 saturated heterocycles. The van der Waals surface area contributed by atoms with Crippen molar-refractivity contribution in [3.63, 3.8) is 0 Å². The lowest BCUT2D eigenvalue weighted by molar-refractivity contribution is -0.0620. The lowest BCUT2D eigenvalue weighted by Crippen LogP contribution is -2.44. The van der Waals surface area contributed by atoms with E-state index in [1.165, 1.54) is 0 Å². The second-order valence-corrected chi connectivity index (χ2v) is 9.07. The summed E-state index contributed by atoms with van der Waals surface area (Å²) in [7, 11) is 3.96. The van der Waals surface area contributed by atoms with Gasteiger partial charge in [-0.1, -0.05) is 121 Å². The molecular formula is C32H32N2O2. The van der Waals surface area contributed by atoms with Crippen LogP contribution in [0, 0.1) is 0 Å². The first-order valence-electron chi connectivity index (χ1n) is 12.3. The number of benzene rings is 4. The van der Waals surface area contributed by atoms with Crippen molar-refractivity contribution >= 4 is 11.6 Å². The number of hydrogen-bond donors (Lipinski definition) is 0. The number of ketones is 2. The summed E-state index contributed by atoms with van der Waals surface area (Å²) in [4.78, 5) is 26.9. The van der Waals surface area contributed by atoms with E-state index in [-0.39, 0.29) is 36.5 Å². The monoisotopic (exact) mass is 476 g/mol. The van der Waals surface area contributed by atoms with Crippen LogP contribution in [-0.4, -0.2) is 35.7 Å². The van der Waals surface area contributed by atoms with Crippen molar-refractivity contribution in [3.8, 4) is 0 Å². The van der Waals surface area contributed by atoms with E-state index in [0.717, 1.165) is 11.1 Å². The Labute approximate surface area is 213 Å². The van der Waals surface area contributed by atoms with Crippen molar-refractivity contribution in [2.24, 2.45) is 0 Å². The average Bonchev–Trinajstić information content (AvgIpc) is 2.93. The lowest BCUT2D eigenvalue weighted by atomic mass is 9.92. The van der Waals surface area contributed by atoms with E-state index < -0.39 is 0 Å². The average molecular weight is 477 g/mol. The standard InChI is InChI=1S/C32H32N2O2/c1-33(2)34(29(25-15-7-3-8-16-25)23-31(35)27-19-11-5-12-20-27)30(26-17-9-4-10-18-26)24-32(36)28-21-13-6-14-22-28/h3-22,29-30H,23-24H2,1-2H3. The first kappa shape index (κ1) is 25.2. The summed E-state index contributed by atoms with van der Waals surface area (Å²) in [5.41, 5.74) is 3.44. The van der Waals surface area contributed by atoms with Gasteiger partial charge >= 0.3 is 0 Å². The highest BCUT2D eigenvalue weighted by atomic mass is 16.1. The molecule has 4 aromatic carbocycles. The van der Waals surface area contributed by atoms with E-state index in [4.69, 9.17) is 0 Å². The van der Waals surface area contributed by atoms with E-state index in [1.54, 1.807) is 0 Å². The zero-order chi connectivity index (χ0) is 25.3. The van der Waals surface area contributed by atoms with Gasteiger partial charge < -0.3 is 0 Å². The molecule has 0 heterocycles. The van der Waals surface area contributed by atoms with Gasteiger partial charge in [-0.25, -0.2) is 10.0 Å². The minimum atomic E-state index is -0.261. The molecule has 2 atom stereocenters. The molecule has 0 aliphatic carbocycles. The number of carbonyl (C=O) groups is 2. The molecule has 4 aromatic rings. The summed E-state index contributed by atoms with van der Waals surface area (Å²) >= 11 is 0. The van der Waals surface area contributed by atoms with E-state index >= 15 is 0 Å². The molecule has 182 valence electrons. The Morgan fingerprint density at radius 1 is 0.528 bits per heavy atom. The van der Waals surface area contributed by atoms with Gasteiger partial charge in [-0.15, -0.1) is 0 Å². The highest BCUT2D eigenvalue weighted by Crippen LogP contribution is 2.37. The Morgan fingerprint density at radius 3 is 1.14 bits per heavy atom. The third-order valence-electron chi connectivity index (χ3n) is 6.42. The minimum absolute atomic E-state index is 0.0671. The highest BCUT2D eigenvalue weighted by Gasteiger charge is 2.33. The van der Waals surface area contributed by atoms with Crippen molar-refractivity contribution in [1.29, 1.82) is 0 Å². The smallest absolute Gasteiger partial charge is 0.164 e. The van der Waals surface area contributed by atoms with Crippen LogP contribution in [-0.2, 0) is 0 Å². The minimum Gasteiger partial charge on any atom is -0.294 e. The molecule has 0 aliphatic heterocycles. The SMILES string of the molecule is CN(C)N(C(CC(=O)c1ccccc1)c1ccccc1)C(CC(=O)c1ccccc1)c1ccccc1. The van der Waals surface area contributed by atoms with Crippen LogP contribution in [0.15, 0.2) is 121 Å². The third kappa shape index (κ3) is 6.22. The van der Waals surface area contributed by atoms with Crippen molar-refractivity contribution in [1.82, 2.24) is 10.0 Å². The number of carbonyl (C=O) groups excluding carboxylic acids is 2. The number of hydrogen-bond acceptors (Lipinski definition) is 4. The molecule has 4 heteroatoms. The van der Waals surface area contributed by atoms with Crippen molar-refractivity contribution in [3.05, 3.63) is 144 Å². The maximum Gasteiger partial charge on any atom is 0.164 e. The molecule has 0 spiro atoms. The Kier molecular flexibility index (Phi) is 8.56. The molecule has 0 saturated carbocycles. The van der Waals surface area contributed by atoms with Crippen LogP contribution < -0.4 is 0 Å². The highest BCUT2D eigenvalue weighted by molar-refractivity contribution is 5.97. The van der Waals surface area contributed by atoms with Gasteiger partial charge in [0.15, 0.2) is 11.6 Å². The lowest BCUT2D eigenvalue weighted by Gasteiger charge is -2.42. The maximum absolute atomic E-state index is 13.4. The van der Waals surface area contributed by atoms with Crippen molar-refractivity contribution < 1.29 is 9.59 Å². The van der Waals surface area contributed by atoms with Gasteiger partial charge in [0.25, 0.3) is 0 Å². The summed E-state index contributed by atoms with van der Waals surface area (Å²) in [5.74, 6) is 0.134. The Hall–Kier alpha value is -3.86. The molecule has 0 N–H and O–H groups in total. The molecule has 0 radical (unpaired) electrons. The Bertz CT molecular complexity index is 1150. The first-order chi connectivity index (χ1) is 17.5. The second-order valence-electron chi connectivity index (χ2n) is 9.07. The molecule has 2 unspecified atom stereocenters. The first-order valence-corrected chi connectivity index (χ1v) is 12.3. The zero-order valence-corrected chi connectivity index (χ0v) is 20.8. The second kappa shape index (κ2) is 12.2. The predicted octanol–water partition coefficient (Wildman–Crippen LogP) is 6.79. The van der Waals surface area contributed by atoms with Gasteiger partial charge in [0.1, 0.15) is 0 Å². The van der Waals surface area contributed by atoms with E-state index in [1.807, 2.05) is 116 Å². The molecule has 0 amide bonds. The van der Waals surface area contributed by atoms with Crippen LogP contribution in [0.1, 0.15) is 56.8 Å². The van der Waals surface area contributed by atoms with Gasteiger partial charge in [-0.2, -0.15) is 0 Å². The quantitative estimate of drug-likeness (QED) is 0.176. The van der Waals surface area contributed by atoms with Crippen LogP contribution in [0.4, 0.5) is 0 Å². The number of nitrogens with zero attached hydrogens (tertiary/aromatic N) is 2. The molecule has 0 aliphatic rings. The topological polar surface area (TPSA) is 40.6 Å². The van der Waals surface area contributed by atoms with Gasteiger partial charge in [0.2, 0.25) is 0 Å². The molecule has 4 rings (SSSR count). The summed E-state index contributed by atoms with van der Waals surface area (Å²) in [6.45, 7) is 0. The van der Waals surface area contributed by atoms with Crippen LogP contribution in [0.5, 0.6) is 0 Å². The molecule has 4 nitrogen and oxygen atoms in total. The van der Waals surface area contributed by atoms with Crippen molar-refractivity contribution in [2.75, 3.05) is 14.1 Å². The van der Waals surface area contributed by atoms with E-state index in [2.05, 4.69) is 29.3 Å². The van der Waals surface area contributed by atoms with Crippen LogP contribution in [0.3, 0.4) is 0 Å². The largest absolute Gasteiger partial charge is 0.294 e. The number of rotatable bonds is 11. The van der Waals surface area contributed by atoms with Crippen LogP contribution in [0.25, 0.3) is 0 Å². The fraction of sp³-hybridized carbons (Fsp3) is 0.188.